The van der Waals surface area contributed by atoms with Gasteiger partial charge in [0.25, 0.3) is 0 Å². The van der Waals surface area contributed by atoms with Gasteiger partial charge in [-0.15, -0.1) is 17.5 Å². The van der Waals surface area contributed by atoms with Crippen molar-refractivity contribution in [3.63, 3.8) is 0 Å². The maximum Gasteiger partial charge on any atom is 0.178 e. The summed E-state index contributed by atoms with van der Waals surface area (Å²) < 4.78 is 7.58. The Balaban J connectivity index is 0.00000218. The number of pyridine rings is 2. The van der Waals surface area contributed by atoms with Crippen molar-refractivity contribution >= 4 is 34.8 Å². The molecule has 0 amide bonds. The molecule has 0 radical (unpaired) electrons. The molecule has 0 spiro atoms. The number of ether oxygens (including phenoxy) is 1. The highest BCUT2D eigenvalue weighted by atomic mass is 35.5. The second-order valence-electron chi connectivity index (χ2n) is 7.13. The van der Waals surface area contributed by atoms with E-state index in [1.807, 2.05) is 36.0 Å². The summed E-state index contributed by atoms with van der Waals surface area (Å²) in [6.07, 6.45) is 5.56. The van der Waals surface area contributed by atoms with Gasteiger partial charge >= 0.3 is 0 Å². The molecular formula is C20H24ClN7O2. The van der Waals surface area contributed by atoms with Gasteiger partial charge in [0.1, 0.15) is 11.6 Å². The number of nitrogens with one attached hydrogen (secondary N) is 2. The molecule has 5 heterocycles. The highest BCUT2D eigenvalue weighted by Crippen LogP contribution is 2.33. The zero-order chi connectivity index (χ0) is 19.8. The van der Waals surface area contributed by atoms with E-state index in [0.717, 1.165) is 58.9 Å². The average Bonchev–Trinajstić information content (AvgIpc) is 3.35. The molecular weight excluding hydrogens is 406 g/mol. The number of aromatic amines is 1. The highest BCUT2D eigenvalue weighted by Gasteiger charge is 2.20. The van der Waals surface area contributed by atoms with Crippen LogP contribution in [0.15, 0.2) is 36.8 Å². The number of hydrogen-bond donors (Lipinski definition) is 3. The first-order valence-electron chi connectivity index (χ1n) is 9.80. The van der Waals surface area contributed by atoms with E-state index in [0.29, 0.717) is 6.61 Å². The molecule has 4 aromatic heterocycles. The number of nitrogens with zero attached hydrogens (tertiary/aromatic N) is 5. The van der Waals surface area contributed by atoms with E-state index < -0.39 is 0 Å². The SMILES string of the molecule is CCOc1cc(-c2ccc(N3CCNC(CO)C3)nc2)c2c3cn[nH]c3nn2c1.Cl. The van der Waals surface area contributed by atoms with E-state index in [1.54, 1.807) is 6.20 Å². The first kappa shape index (κ1) is 20.4. The van der Waals surface area contributed by atoms with Crippen LogP contribution in [0.3, 0.4) is 0 Å². The molecule has 1 aliphatic heterocycles. The lowest BCUT2D eigenvalue weighted by molar-refractivity contribution is 0.235. The van der Waals surface area contributed by atoms with Crippen LogP contribution in [0.2, 0.25) is 0 Å². The van der Waals surface area contributed by atoms with Gasteiger partial charge in [-0.2, -0.15) is 5.10 Å². The van der Waals surface area contributed by atoms with Crippen LogP contribution in [0.25, 0.3) is 27.7 Å². The van der Waals surface area contributed by atoms with Gasteiger partial charge in [-0.25, -0.2) is 9.50 Å². The van der Waals surface area contributed by atoms with E-state index in [-0.39, 0.29) is 25.1 Å². The van der Waals surface area contributed by atoms with Gasteiger partial charge < -0.3 is 20.1 Å². The van der Waals surface area contributed by atoms with Crippen LogP contribution in [0.5, 0.6) is 5.75 Å². The normalized spacial score (nSPS) is 16.7. The molecule has 1 fully saturated rings. The summed E-state index contributed by atoms with van der Waals surface area (Å²) in [6.45, 7) is 5.11. The minimum Gasteiger partial charge on any atom is -0.492 e. The van der Waals surface area contributed by atoms with Crippen molar-refractivity contribution < 1.29 is 9.84 Å². The number of halogens is 1. The monoisotopic (exact) mass is 429 g/mol. The second kappa shape index (κ2) is 8.47. The molecule has 1 saturated heterocycles. The predicted octanol–water partition coefficient (Wildman–Crippen LogP) is 1.86. The van der Waals surface area contributed by atoms with E-state index >= 15 is 0 Å². The number of rotatable bonds is 5. The molecule has 158 valence electrons. The smallest absolute Gasteiger partial charge is 0.178 e. The summed E-state index contributed by atoms with van der Waals surface area (Å²) in [7, 11) is 0. The van der Waals surface area contributed by atoms with Gasteiger partial charge in [0.15, 0.2) is 5.65 Å². The Labute approximate surface area is 179 Å². The summed E-state index contributed by atoms with van der Waals surface area (Å²) in [5.41, 5.74) is 3.68. The fourth-order valence-corrected chi connectivity index (χ4v) is 3.89. The van der Waals surface area contributed by atoms with Gasteiger partial charge in [0, 0.05) is 43.0 Å². The summed E-state index contributed by atoms with van der Waals surface area (Å²) in [4.78, 5) is 6.90. The quantitative estimate of drug-likeness (QED) is 0.445. The number of anilines is 1. The van der Waals surface area contributed by atoms with Crippen molar-refractivity contribution in [3.05, 3.63) is 36.8 Å². The van der Waals surface area contributed by atoms with Crippen molar-refractivity contribution in [2.24, 2.45) is 0 Å². The third-order valence-corrected chi connectivity index (χ3v) is 5.27. The van der Waals surface area contributed by atoms with Crippen LogP contribution in [0, 0.1) is 0 Å². The van der Waals surface area contributed by atoms with Gasteiger partial charge in [0.05, 0.1) is 36.5 Å². The fourth-order valence-electron chi connectivity index (χ4n) is 3.89. The Morgan fingerprint density at radius 2 is 2.20 bits per heavy atom. The van der Waals surface area contributed by atoms with Crippen LogP contribution in [-0.4, -0.2) is 68.8 Å². The molecule has 0 aliphatic carbocycles. The lowest BCUT2D eigenvalue weighted by Crippen LogP contribution is -2.52. The number of fused-ring (bicyclic) bond motifs is 3. The number of aliphatic hydroxyl groups excluding tert-OH is 1. The molecule has 30 heavy (non-hydrogen) atoms. The van der Waals surface area contributed by atoms with Crippen LogP contribution in [-0.2, 0) is 0 Å². The Morgan fingerprint density at radius 1 is 1.30 bits per heavy atom. The van der Waals surface area contributed by atoms with Crippen molar-refractivity contribution in [2.45, 2.75) is 13.0 Å². The zero-order valence-electron chi connectivity index (χ0n) is 16.6. The van der Waals surface area contributed by atoms with Crippen molar-refractivity contribution in [1.82, 2.24) is 30.1 Å². The fraction of sp³-hybridized carbons (Fsp3) is 0.350. The van der Waals surface area contributed by atoms with Crippen LogP contribution in [0.4, 0.5) is 5.82 Å². The summed E-state index contributed by atoms with van der Waals surface area (Å²) in [5.74, 6) is 1.66. The molecule has 0 saturated carbocycles. The maximum atomic E-state index is 9.43. The third-order valence-electron chi connectivity index (χ3n) is 5.27. The van der Waals surface area contributed by atoms with E-state index in [4.69, 9.17) is 9.72 Å². The van der Waals surface area contributed by atoms with Gasteiger partial charge in [-0.05, 0) is 25.1 Å². The third kappa shape index (κ3) is 3.55. The topological polar surface area (TPSA) is 104 Å². The predicted molar refractivity (Wildman–Crippen MR) is 118 cm³/mol. The molecule has 10 heteroatoms. The molecule has 1 unspecified atom stereocenters. The summed E-state index contributed by atoms with van der Waals surface area (Å²) in [5, 5.41) is 25.3. The first-order valence-corrected chi connectivity index (χ1v) is 9.80. The average molecular weight is 430 g/mol. The van der Waals surface area contributed by atoms with Crippen molar-refractivity contribution in [2.75, 3.05) is 37.7 Å². The Hall–Kier alpha value is -2.88. The van der Waals surface area contributed by atoms with E-state index in [1.165, 1.54) is 0 Å². The minimum atomic E-state index is 0. The molecule has 5 rings (SSSR count). The number of hydrogen-bond acceptors (Lipinski definition) is 7. The first-order chi connectivity index (χ1) is 14.3. The molecule has 1 atom stereocenters. The lowest BCUT2D eigenvalue weighted by Gasteiger charge is -2.33. The second-order valence-corrected chi connectivity index (χ2v) is 7.13. The maximum absolute atomic E-state index is 9.43. The number of H-pyrrole nitrogens is 1. The summed E-state index contributed by atoms with van der Waals surface area (Å²) >= 11 is 0. The van der Waals surface area contributed by atoms with Crippen LogP contribution in [0.1, 0.15) is 6.92 Å². The molecule has 1 aliphatic rings. The summed E-state index contributed by atoms with van der Waals surface area (Å²) in [6, 6.07) is 6.20. The standard InChI is InChI=1S/C20H23N7O2.ClH/c1-2-29-15-7-16(19-17-9-23-24-20(17)25-27(19)11-15)13-3-4-18(22-8-13)26-6-5-21-14(10-26)12-28;/h3-4,7-9,11,14,21,28H,2,5-6,10,12H2,1H3,(H,24,25);1H. The molecule has 3 N–H and O–H groups in total. The molecule has 4 aromatic rings. The number of aliphatic hydroxyl groups is 1. The minimum absolute atomic E-state index is 0. The Bertz CT molecular complexity index is 1140. The van der Waals surface area contributed by atoms with Gasteiger partial charge in [-0.1, -0.05) is 0 Å². The van der Waals surface area contributed by atoms with Crippen LogP contribution >= 0.6 is 12.4 Å². The molecule has 0 aromatic carbocycles. The van der Waals surface area contributed by atoms with Gasteiger partial charge in [0.2, 0.25) is 0 Å². The van der Waals surface area contributed by atoms with Crippen molar-refractivity contribution in [1.29, 1.82) is 0 Å². The van der Waals surface area contributed by atoms with E-state index in [9.17, 15) is 5.11 Å². The van der Waals surface area contributed by atoms with Crippen molar-refractivity contribution in [3.8, 4) is 16.9 Å². The Kier molecular flexibility index (Phi) is 5.76. The van der Waals surface area contributed by atoms with Crippen LogP contribution < -0.4 is 15.0 Å². The zero-order valence-corrected chi connectivity index (χ0v) is 17.4. The van der Waals surface area contributed by atoms with Gasteiger partial charge in [-0.3, -0.25) is 5.10 Å². The van der Waals surface area contributed by atoms with E-state index in [2.05, 4.69) is 31.6 Å². The Morgan fingerprint density at radius 3 is 2.97 bits per heavy atom. The molecule has 9 nitrogen and oxygen atoms in total. The lowest BCUT2D eigenvalue weighted by atomic mass is 10.1. The highest BCUT2D eigenvalue weighted by molar-refractivity contribution is 6.00. The number of piperazine rings is 1. The largest absolute Gasteiger partial charge is 0.492 e. The molecule has 0 bridgehead atoms. The number of aromatic nitrogens is 5.